The molecule has 1 aliphatic carbocycles. The molecule has 1 N–H and O–H groups in total. The van der Waals surface area contributed by atoms with Crippen LogP contribution < -0.4 is 5.32 Å². The molecule has 1 aliphatic rings. The monoisotopic (exact) mass is 393 g/mol. The van der Waals surface area contributed by atoms with E-state index in [1.807, 2.05) is 30.3 Å². The Labute approximate surface area is 160 Å². The van der Waals surface area contributed by atoms with Crippen molar-refractivity contribution >= 4 is 34.8 Å². The first kappa shape index (κ1) is 16.9. The van der Waals surface area contributed by atoms with Gasteiger partial charge < -0.3 is 4.52 Å². The number of aromatic nitrogens is 2. The lowest BCUT2D eigenvalue weighted by Gasteiger charge is -2.17. The van der Waals surface area contributed by atoms with Crippen molar-refractivity contribution in [2.75, 3.05) is 0 Å². The Bertz CT molecular complexity index is 904. The minimum atomic E-state index is -0.0941. The molecule has 0 radical (unpaired) electrons. The molecule has 4 rings (SSSR count). The Balaban J connectivity index is 1.46. The van der Waals surface area contributed by atoms with Crippen LogP contribution in [0.1, 0.15) is 24.3 Å². The van der Waals surface area contributed by atoms with Gasteiger partial charge in [-0.05, 0) is 54.8 Å². The van der Waals surface area contributed by atoms with Gasteiger partial charge in [0.2, 0.25) is 11.7 Å². The van der Waals surface area contributed by atoms with Gasteiger partial charge >= 0.3 is 0 Å². The summed E-state index contributed by atoms with van der Waals surface area (Å²) in [6, 6.07) is 13.1. The highest BCUT2D eigenvalue weighted by Gasteiger charge is 2.44. The van der Waals surface area contributed by atoms with Crippen molar-refractivity contribution in [2.45, 2.75) is 24.9 Å². The molecule has 0 unspecified atom stereocenters. The van der Waals surface area contributed by atoms with Crippen LogP contribution in [0.2, 0.25) is 15.1 Å². The molecule has 25 heavy (non-hydrogen) atoms. The van der Waals surface area contributed by atoms with Crippen LogP contribution in [0.4, 0.5) is 0 Å². The van der Waals surface area contributed by atoms with Crippen molar-refractivity contribution in [3.63, 3.8) is 0 Å². The molecule has 0 aliphatic heterocycles. The Morgan fingerprint density at radius 2 is 1.76 bits per heavy atom. The van der Waals surface area contributed by atoms with Gasteiger partial charge in [-0.25, -0.2) is 0 Å². The van der Waals surface area contributed by atoms with Crippen LogP contribution in [0, 0.1) is 0 Å². The normalized spacial score (nSPS) is 15.3. The molecule has 1 heterocycles. The fourth-order valence-corrected chi connectivity index (χ4v) is 3.20. The van der Waals surface area contributed by atoms with Gasteiger partial charge in [-0.15, -0.1) is 0 Å². The first-order valence-corrected chi connectivity index (χ1v) is 8.98. The number of benzene rings is 2. The average molecular weight is 395 g/mol. The Kier molecular flexibility index (Phi) is 4.46. The highest BCUT2D eigenvalue weighted by Crippen LogP contribution is 2.46. The maximum absolute atomic E-state index is 6.14. The van der Waals surface area contributed by atoms with Gasteiger partial charge in [-0.2, -0.15) is 4.98 Å². The van der Waals surface area contributed by atoms with E-state index in [4.69, 9.17) is 39.3 Å². The first-order chi connectivity index (χ1) is 12.1. The minimum Gasteiger partial charge on any atom is -0.338 e. The molecule has 1 saturated carbocycles. The van der Waals surface area contributed by atoms with Gasteiger partial charge in [0.25, 0.3) is 0 Å². The van der Waals surface area contributed by atoms with E-state index in [0.29, 0.717) is 33.3 Å². The van der Waals surface area contributed by atoms with Crippen LogP contribution in [-0.2, 0) is 12.1 Å². The molecule has 2 aromatic carbocycles. The van der Waals surface area contributed by atoms with Gasteiger partial charge in [0.05, 0.1) is 16.6 Å². The van der Waals surface area contributed by atoms with E-state index < -0.39 is 0 Å². The quantitative estimate of drug-likeness (QED) is 0.623. The fraction of sp³-hybridized carbons (Fsp3) is 0.222. The largest absolute Gasteiger partial charge is 0.338 e. The molecule has 0 amide bonds. The van der Waals surface area contributed by atoms with Gasteiger partial charge in [-0.3, -0.25) is 5.32 Å². The number of nitrogens with one attached hydrogen (secondary N) is 1. The summed E-state index contributed by atoms with van der Waals surface area (Å²) >= 11 is 18.0. The Morgan fingerprint density at radius 3 is 2.44 bits per heavy atom. The summed E-state index contributed by atoms with van der Waals surface area (Å²) in [5.41, 5.74) is 1.90. The molecule has 0 atom stereocenters. The van der Waals surface area contributed by atoms with E-state index in [1.165, 1.54) is 0 Å². The Hall–Kier alpha value is -1.59. The molecule has 128 valence electrons. The molecule has 4 nitrogen and oxygen atoms in total. The second kappa shape index (κ2) is 6.61. The van der Waals surface area contributed by atoms with Crippen LogP contribution >= 0.6 is 34.8 Å². The molecule has 3 aromatic rings. The van der Waals surface area contributed by atoms with Crippen molar-refractivity contribution in [3.8, 4) is 11.4 Å². The molecule has 1 fully saturated rings. The number of nitrogens with zero attached hydrogens (tertiary/aromatic N) is 2. The number of hydrogen-bond acceptors (Lipinski definition) is 4. The summed E-state index contributed by atoms with van der Waals surface area (Å²) in [6.07, 6.45) is 2.06. The Morgan fingerprint density at radius 1 is 1.00 bits per heavy atom. The minimum absolute atomic E-state index is 0.0941. The summed E-state index contributed by atoms with van der Waals surface area (Å²) in [5.74, 6) is 1.09. The SMILES string of the molecule is Clc1ccc(-c2noc(CNC3(c4ccc(Cl)c(Cl)c4)CC3)n2)cc1. The van der Waals surface area contributed by atoms with Crippen molar-refractivity contribution in [1.29, 1.82) is 0 Å². The maximum Gasteiger partial charge on any atom is 0.240 e. The molecular formula is C18H14Cl3N3O. The van der Waals surface area contributed by atoms with Crippen molar-refractivity contribution in [3.05, 3.63) is 69.0 Å². The lowest BCUT2D eigenvalue weighted by Crippen LogP contribution is -2.28. The van der Waals surface area contributed by atoms with Gasteiger partial charge in [0, 0.05) is 16.1 Å². The summed E-state index contributed by atoms with van der Waals surface area (Å²) in [4.78, 5) is 4.44. The second-order valence-electron chi connectivity index (χ2n) is 6.08. The van der Waals surface area contributed by atoms with Gasteiger partial charge in [0.1, 0.15) is 0 Å². The standard InChI is InChI=1S/C18H14Cl3N3O/c19-13-4-1-11(2-5-13)17-23-16(25-24-17)10-22-18(7-8-18)12-3-6-14(20)15(21)9-12/h1-6,9,22H,7-8,10H2. The van der Waals surface area contributed by atoms with Crippen LogP contribution in [0.15, 0.2) is 47.0 Å². The fourth-order valence-electron chi connectivity index (χ4n) is 2.77. The van der Waals surface area contributed by atoms with Crippen molar-refractivity contribution < 1.29 is 4.52 Å². The van der Waals surface area contributed by atoms with Crippen molar-refractivity contribution in [1.82, 2.24) is 15.5 Å². The van der Waals surface area contributed by atoms with E-state index >= 15 is 0 Å². The van der Waals surface area contributed by atoms with E-state index in [9.17, 15) is 0 Å². The zero-order valence-corrected chi connectivity index (χ0v) is 15.4. The molecular weight excluding hydrogens is 381 g/mol. The highest BCUT2D eigenvalue weighted by atomic mass is 35.5. The van der Waals surface area contributed by atoms with E-state index in [1.54, 1.807) is 12.1 Å². The van der Waals surface area contributed by atoms with Gasteiger partial charge in [0.15, 0.2) is 0 Å². The van der Waals surface area contributed by atoms with E-state index in [0.717, 1.165) is 24.0 Å². The third kappa shape index (κ3) is 3.53. The first-order valence-electron chi connectivity index (χ1n) is 7.85. The van der Waals surface area contributed by atoms with E-state index in [-0.39, 0.29) is 5.54 Å². The summed E-state index contributed by atoms with van der Waals surface area (Å²) in [7, 11) is 0. The lowest BCUT2D eigenvalue weighted by molar-refractivity contribution is 0.354. The molecule has 1 aromatic heterocycles. The topological polar surface area (TPSA) is 51.0 Å². The lowest BCUT2D eigenvalue weighted by atomic mass is 10.1. The summed E-state index contributed by atoms with van der Waals surface area (Å²) in [5, 5.41) is 9.33. The average Bonchev–Trinajstić information content (AvgIpc) is 3.26. The van der Waals surface area contributed by atoms with Crippen LogP contribution in [-0.4, -0.2) is 10.1 Å². The maximum atomic E-state index is 6.14. The smallest absolute Gasteiger partial charge is 0.240 e. The zero-order valence-electron chi connectivity index (χ0n) is 13.1. The van der Waals surface area contributed by atoms with Crippen LogP contribution in [0.25, 0.3) is 11.4 Å². The third-order valence-electron chi connectivity index (χ3n) is 4.37. The van der Waals surface area contributed by atoms with E-state index in [2.05, 4.69) is 15.5 Å². The summed E-state index contributed by atoms with van der Waals surface area (Å²) in [6.45, 7) is 0.487. The van der Waals surface area contributed by atoms with Crippen LogP contribution in [0.3, 0.4) is 0 Å². The molecule has 0 spiro atoms. The predicted molar refractivity (Wildman–Crippen MR) is 99.0 cm³/mol. The number of rotatable bonds is 5. The predicted octanol–water partition coefficient (Wildman–Crippen LogP) is 5.48. The zero-order chi connectivity index (χ0) is 17.4. The third-order valence-corrected chi connectivity index (χ3v) is 5.36. The molecule has 0 bridgehead atoms. The van der Waals surface area contributed by atoms with Gasteiger partial charge in [-0.1, -0.05) is 46.0 Å². The summed E-state index contributed by atoms with van der Waals surface area (Å²) < 4.78 is 5.35. The second-order valence-corrected chi connectivity index (χ2v) is 7.33. The van der Waals surface area contributed by atoms with Crippen LogP contribution in [0.5, 0.6) is 0 Å². The van der Waals surface area contributed by atoms with Crippen molar-refractivity contribution in [2.24, 2.45) is 0 Å². The highest BCUT2D eigenvalue weighted by molar-refractivity contribution is 6.42. The molecule has 7 heteroatoms. The molecule has 0 saturated heterocycles. The number of hydrogen-bond donors (Lipinski definition) is 1. The number of halogens is 3.